The van der Waals surface area contributed by atoms with Crippen molar-refractivity contribution in [3.63, 3.8) is 0 Å². The van der Waals surface area contributed by atoms with Crippen molar-refractivity contribution in [2.45, 2.75) is 18.9 Å². The number of carbonyl (C=O) groups excluding carboxylic acids is 2. The van der Waals surface area contributed by atoms with Crippen molar-refractivity contribution in [1.82, 2.24) is 4.90 Å². The Balaban J connectivity index is 1.84. The first-order valence-electron chi connectivity index (χ1n) is 6.84. The van der Waals surface area contributed by atoms with Crippen LogP contribution in [0.2, 0.25) is 0 Å². The quantitative estimate of drug-likeness (QED) is 0.791. The Kier molecular flexibility index (Phi) is 4.86. The number of anilines is 2. The van der Waals surface area contributed by atoms with Crippen LogP contribution in [0.4, 0.5) is 21.0 Å². The second kappa shape index (κ2) is 6.83. The molecule has 0 radical (unpaired) electrons. The van der Waals surface area contributed by atoms with E-state index in [9.17, 15) is 9.59 Å². The van der Waals surface area contributed by atoms with Crippen molar-refractivity contribution >= 4 is 23.5 Å². The average molecular weight is 292 g/mol. The number of benzene rings is 1. The van der Waals surface area contributed by atoms with Gasteiger partial charge in [0.2, 0.25) is 0 Å². The van der Waals surface area contributed by atoms with Gasteiger partial charge in [0.05, 0.1) is 7.11 Å². The fourth-order valence-corrected chi connectivity index (χ4v) is 2.30. The number of nitrogens with one attached hydrogen (secondary N) is 2. The van der Waals surface area contributed by atoms with Crippen LogP contribution in [0.3, 0.4) is 0 Å². The minimum Gasteiger partial charge on any atom is -0.453 e. The highest BCUT2D eigenvalue weighted by Gasteiger charge is 2.20. The van der Waals surface area contributed by atoms with Gasteiger partial charge in [-0.25, -0.2) is 9.59 Å². The first kappa shape index (κ1) is 15.0. The molecular formula is C14H20N4O3. The summed E-state index contributed by atoms with van der Waals surface area (Å²) < 4.78 is 4.53. The van der Waals surface area contributed by atoms with Crippen LogP contribution in [-0.4, -0.2) is 43.3 Å². The number of primary amides is 1. The molecule has 21 heavy (non-hydrogen) atoms. The summed E-state index contributed by atoms with van der Waals surface area (Å²) in [5, 5.41) is 6.01. The number of methoxy groups -OCH3 is 1. The minimum absolute atomic E-state index is 0.319. The molecule has 0 spiro atoms. The van der Waals surface area contributed by atoms with E-state index >= 15 is 0 Å². The third kappa shape index (κ3) is 4.27. The second-order valence-electron chi connectivity index (χ2n) is 4.94. The van der Waals surface area contributed by atoms with E-state index in [-0.39, 0.29) is 6.03 Å². The van der Waals surface area contributed by atoms with Crippen LogP contribution in [0.25, 0.3) is 0 Å². The van der Waals surface area contributed by atoms with Crippen molar-refractivity contribution in [3.05, 3.63) is 24.3 Å². The molecular weight excluding hydrogens is 272 g/mol. The number of hydrogen-bond acceptors (Lipinski definition) is 4. The predicted molar refractivity (Wildman–Crippen MR) is 80.3 cm³/mol. The second-order valence-corrected chi connectivity index (χ2v) is 4.94. The third-order valence-electron chi connectivity index (χ3n) is 3.49. The summed E-state index contributed by atoms with van der Waals surface area (Å²) in [4.78, 5) is 23.8. The number of piperidine rings is 1. The maximum atomic E-state index is 11.1. The van der Waals surface area contributed by atoms with Crippen molar-refractivity contribution in [2.24, 2.45) is 5.73 Å². The Hall–Kier alpha value is -2.44. The summed E-state index contributed by atoms with van der Waals surface area (Å²) in [6.07, 6.45) is 1.24. The predicted octanol–water partition coefficient (Wildman–Crippen LogP) is 1.82. The van der Waals surface area contributed by atoms with E-state index in [0.29, 0.717) is 24.8 Å². The zero-order valence-electron chi connectivity index (χ0n) is 12.0. The number of hydrogen-bond donors (Lipinski definition) is 3. The van der Waals surface area contributed by atoms with E-state index in [1.54, 1.807) is 17.0 Å². The number of rotatable bonds is 3. The van der Waals surface area contributed by atoms with E-state index in [0.717, 1.165) is 18.5 Å². The van der Waals surface area contributed by atoms with Gasteiger partial charge in [-0.1, -0.05) is 0 Å². The van der Waals surface area contributed by atoms with Gasteiger partial charge in [0.15, 0.2) is 0 Å². The van der Waals surface area contributed by atoms with Crippen LogP contribution in [0, 0.1) is 0 Å². The molecule has 0 saturated carbocycles. The lowest BCUT2D eigenvalue weighted by molar-refractivity contribution is 0.187. The van der Waals surface area contributed by atoms with Crippen molar-refractivity contribution in [1.29, 1.82) is 0 Å². The van der Waals surface area contributed by atoms with E-state index in [1.165, 1.54) is 7.11 Å². The summed E-state index contributed by atoms with van der Waals surface area (Å²) in [5.74, 6) is 0. The molecule has 1 aliphatic rings. The molecule has 2 rings (SSSR count). The maximum absolute atomic E-state index is 11.1. The van der Waals surface area contributed by atoms with E-state index in [1.807, 2.05) is 12.1 Å². The number of nitrogens with two attached hydrogens (primary N) is 1. The van der Waals surface area contributed by atoms with Gasteiger partial charge in [-0.15, -0.1) is 0 Å². The lowest BCUT2D eigenvalue weighted by atomic mass is 10.0. The zero-order valence-corrected chi connectivity index (χ0v) is 12.0. The summed E-state index contributed by atoms with van der Waals surface area (Å²) in [5.41, 5.74) is 6.91. The molecule has 1 aliphatic heterocycles. The van der Waals surface area contributed by atoms with Gasteiger partial charge in [-0.05, 0) is 37.1 Å². The molecule has 1 heterocycles. The number of nitrogens with zero attached hydrogens (tertiary/aromatic N) is 1. The molecule has 0 unspecified atom stereocenters. The van der Waals surface area contributed by atoms with Gasteiger partial charge in [-0.3, -0.25) is 5.32 Å². The fourth-order valence-electron chi connectivity index (χ4n) is 2.30. The molecule has 114 valence electrons. The van der Waals surface area contributed by atoms with Crippen molar-refractivity contribution in [3.8, 4) is 0 Å². The van der Waals surface area contributed by atoms with E-state index in [4.69, 9.17) is 5.73 Å². The number of ether oxygens (including phenoxy) is 1. The number of likely N-dealkylation sites (tertiary alicyclic amines) is 1. The van der Waals surface area contributed by atoms with Crippen molar-refractivity contribution in [2.75, 3.05) is 30.8 Å². The van der Waals surface area contributed by atoms with Gasteiger partial charge >= 0.3 is 12.1 Å². The van der Waals surface area contributed by atoms with Crippen LogP contribution in [-0.2, 0) is 4.74 Å². The SMILES string of the molecule is COC(=O)Nc1ccc(NC2CCN(C(N)=O)CC2)cc1. The van der Waals surface area contributed by atoms with Gasteiger partial charge in [0.1, 0.15) is 0 Å². The molecule has 0 aromatic heterocycles. The molecule has 0 atom stereocenters. The molecule has 7 heteroatoms. The standard InChI is InChI=1S/C14H20N4O3/c1-21-14(20)17-11-4-2-10(3-5-11)16-12-6-8-18(9-7-12)13(15)19/h2-5,12,16H,6-9H2,1H3,(H2,15,19)(H,17,20). The third-order valence-corrected chi connectivity index (χ3v) is 3.49. The highest BCUT2D eigenvalue weighted by atomic mass is 16.5. The molecule has 7 nitrogen and oxygen atoms in total. The molecule has 0 aliphatic carbocycles. The summed E-state index contributed by atoms with van der Waals surface area (Å²) in [7, 11) is 1.32. The fraction of sp³-hybridized carbons (Fsp3) is 0.429. The lowest BCUT2D eigenvalue weighted by Gasteiger charge is -2.31. The highest BCUT2D eigenvalue weighted by Crippen LogP contribution is 2.18. The maximum Gasteiger partial charge on any atom is 0.411 e. The molecule has 1 fully saturated rings. The monoisotopic (exact) mass is 292 g/mol. The van der Waals surface area contributed by atoms with Crippen LogP contribution in [0.15, 0.2) is 24.3 Å². The molecule has 3 amide bonds. The Morgan fingerprint density at radius 1 is 1.19 bits per heavy atom. The Bertz CT molecular complexity index is 495. The van der Waals surface area contributed by atoms with Crippen LogP contribution < -0.4 is 16.4 Å². The molecule has 1 aromatic rings. The smallest absolute Gasteiger partial charge is 0.411 e. The van der Waals surface area contributed by atoms with Crippen LogP contribution >= 0.6 is 0 Å². The molecule has 1 saturated heterocycles. The number of urea groups is 1. The van der Waals surface area contributed by atoms with Crippen LogP contribution in [0.1, 0.15) is 12.8 Å². The molecule has 4 N–H and O–H groups in total. The van der Waals surface area contributed by atoms with Gasteiger partial charge in [0, 0.05) is 30.5 Å². The summed E-state index contributed by atoms with van der Waals surface area (Å²) in [6, 6.07) is 7.36. The summed E-state index contributed by atoms with van der Waals surface area (Å²) in [6.45, 7) is 1.35. The zero-order chi connectivity index (χ0) is 15.2. The number of amides is 3. The van der Waals surface area contributed by atoms with Gasteiger partial charge < -0.3 is 20.7 Å². The molecule has 1 aromatic carbocycles. The highest BCUT2D eigenvalue weighted by molar-refractivity contribution is 5.84. The topological polar surface area (TPSA) is 96.7 Å². The largest absolute Gasteiger partial charge is 0.453 e. The van der Waals surface area contributed by atoms with Crippen LogP contribution in [0.5, 0.6) is 0 Å². The minimum atomic E-state index is -0.491. The Morgan fingerprint density at radius 3 is 2.29 bits per heavy atom. The van der Waals surface area contributed by atoms with Gasteiger partial charge in [-0.2, -0.15) is 0 Å². The molecule has 0 bridgehead atoms. The average Bonchev–Trinajstić information content (AvgIpc) is 2.49. The Morgan fingerprint density at radius 2 is 1.76 bits per heavy atom. The van der Waals surface area contributed by atoms with Crippen molar-refractivity contribution < 1.29 is 14.3 Å². The van der Waals surface area contributed by atoms with Gasteiger partial charge in [0.25, 0.3) is 0 Å². The Labute approximate surface area is 123 Å². The first-order chi connectivity index (χ1) is 10.1. The number of carbonyl (C=O) groups is 2. The first-order valence-corrected chi connectivity index (χ1v) is 6.84. The summed E-state index contributed by atoms with van der Waals surface area (Å²) >= 11 is 0. The lowest BCUT2D eigenvalue weighted by Crippen LogP contribution is -2.44. The normalized spacial score (nSPS) is 15.4. The van der Waals surface area contributed by atoms with E-state index in [2.05, 4.69) is 15.4 Å². The van der Waals surface area contributed by atoms with E-state index < -0.39 is 6.09 Å².